The molecular formula is C12H12Br2N2O2S2. The van der Waals surface area contributed by atoms with E-state index in [2.05, 4.69) is 31.9 Å². The van der Waals surface area contributed by atoms with Crippen LogP contribution in [0.4, 0.5) is 11.4 Å². The molecule has 2 rings (SSSR count). The van der Waals surface area contributed by atoms with Gasteiger partial charge in [0.2, 0.25) is 0 Å². The summed E-state index contributed by atoms with van der Waals surface area (Å²) in [5.41, 5.74) is 7.64. The molecule has 0 bridgehead atoms. The Balaban J connectivity index is 2.48. The van der Waals surface area contributed by atoms with E-state index in [1.807, 2.05) is 6.92 Å². The van der Waals surface area contributed by atoms with E-state index in [1.54, 1.807) is 24.3 Å². The molecule has 0 aliphatic carbocycles. The van der Waals surface area contributed by atoms with Crippen molar-refractivity contribution < 1.29 is 8.42 Å². The SMILES string of the molecule is Cc1cc(S(=O)(=O)N(C)c2ccc(Br)cc2N)sc1Br. The van der Waals surface area contributed by atoms with Crippen LogP contribution in [0.1, 0.15) is 5.56 Å². The molecule has 0 spiro atoms. The third-order valence-corrected chi connectivity index (χ3v) is 7.63. The molecule has 8 heteroatoms. The van der Waals surface area contributed by atoms with Gasteiger partial charge in [0.15, 0.2) is 0 Å². The van der Waals surface area contributed by atoms with Crippen molar-refractivity contribution in [3.05, 3.63) is 38.1 Å². The Bertz CT molecular complexity index is 737. The van der Waals surface area contributed by atoms with E-state index in [4.69, 9.17) is 5.73 Å². The molecule has 4 nitrogen and oxygen atoms in total. The Morgan fingerprint density at radius 1 is 1.25 bits per heavy atom. The highest BCUT2D eigenvalue weighted by atomic mass is 79.9. The molecule has 0 atom stereocenters. The largest absolute Gasteiger partial charge is 0.397 e. The van der Waals surface area contributed by atoms with Crippen molar-refractivity contribution >= 4 is 64.6 Å². The highest BCUT2D eigenvalue weighted by Gasteiger charge is 2.25. The van der Waals surface area contributed by atoms with Gasteiger partial charge in [-0.25, -0.2) is 8.42 Å². The molecule has 2 aromatic rings. The molecule has 0 amide bonds. The van der Waals surface area contributed by atoms with Crippen molar-refractivity contribution in [1.29, 1.82) is 0 Å². The number of hydrogen-bond donors (Lipinski definition) is 1. The average molecular weight is 440 g/mol. The van der Waals surface area contributed by atoms with Crippen LogP contribution in [0.3, 0.4) is 0 Å². The Morgan fingerprint density at radius 2 is 1.90 bits per heavy atom. The van der Waals surface area contributed by atoms with Crippen molar-refractivity contribution in [2.45, 2.75) is 11.1 Å². The van der Waals surface area contributed by atoms with Crippen molar-refractivity contribution in [2.75, 3.05) is 17.1 Å². The first-order valence-corrected chi connectivity index (χ1v) is 9.37. The zero-order chi connectivity index (χ0) is 15.1. The van der Waals surface area contributed by atoms with Gasteiger partial charge in [0.1, 0.15) is 4.21 Å². The number of rotatable bonds is 3. The van der Waals surface area contributed by atoms with Gasteiger partial charge in [-0.3, -0.25) is 4.31 Å². The lowest BCUT2D eigenvalue weighted by Crippen LogP contribution is -2.26. The van der Waals surface area contributed by atoms with Crippen LogP contribution in [-0.2, 0) is 10.0 Å². The molecule has 0 aliphatic rings. The first-order chi connectivity index (χ1) is 9.23. The van der Waals surface area contributed by atoms with Gasteiger partial charge in [-0.1, -0.05) is 15.9 Å². The normalized spacial score (nSPS) is 11.6. The first kappa shape index (κ1) is 15.8. The second kappa shape index (κ2) is 5.67. The predicted octanol–water partition coefficient (Wildman–Crippen LogP) is 3.99. The summed E-state index contributed by atoms with van der Waals surface area (Å²) in [5, 5.41) is 0. The molecule has 108 valence electrons. The van der Waals surface area contributed by atoms with E-state index < -0.39 is 10.0 Å². The van der Waals surface area contributed by atoms with E-state index in [-0.39, 0.29) is 4.21 Å². The third-order valence-electron chi connectivity index (χ3n) is 2.78. The van der Waals surface area contributed by atoms with E-state index >= 15 is 0 Å². The summed E-state index contributed by atoms with van der Waals surface area (Å²) in [5.74, 6) is 0. The smallest absolute Gasteiger partial charge is 0.273 e. The lowest BCUT2D eigenvalue weighted by molar-refractivity contribution is 0.596. The number of aryl methyl sites for hydroxylation is 1. The Labute approximate surface area is 138 Å². The number of sulfonamides is 1. The molecule has 0 aliphatic heterocycles. The minimum absolute atomic E-state index is 0.284. The number of benzene rings is 1. The standard InChI is InChI=1S/C12H12Br2N2O2S2/c1-7-5-11(19-12(7)14)20(17,18)16(2)10-4-3-8(13)6-9(10)15/h3-6H,15H2,1-2H3. The maximum Gasteiger partial charge on any atom is 0.273 e. The summed E-state index contributed by atoms with van der Waals surface area (Å²) in [7, 11) is -2.10. The van der Waals surface area contributed by atoms with Crippen molar-refractivity contribution in [1.82, 2.24) is 0 Å². The molecule has 1 aromatic heterocycles. The van der Waals surface area contributed by atoms with Crippen LogP contribution in [0.2, 0.25) is 0 Å². The fourth-order valence-electron chi connectivity index (χ4n) is 1.64. The second-order valence-corrected chi connectivity index (χ2v) is 9.68. The maximum absolute atomic E-state index is 12.6. The van der Waals surface area contributed by atoms with Gasteiger partial charge in [-0.2, -0.15) is 0 Å². The van der Waals surface area contributed by atoms with Crippen LogP contribution >= 0.6 is 43.2 Å². The molecule has 0 unspecified atom stereocenters. The molecular weight excluding hydrogens is 428 g/mol. The maximum atomic E-state index is 12.6. The van der Waals surface area contributed by atoms with Gasteiger partial charge >= 0.3 is 0 Å². The number of nitrogens with two attached hydrogens (primary N) is 1. The van der Waals surface area contributed by atoms with Gasteiger partial charge in [0.05, 0.1) is 15.2 Å². The Morgan fingerprint density at radius 3 is 2.40 bits per heavy atom. The Hall–Kier alpha value is -0.570. The van der Waals surface area contributed by atoms with Crippen LogP contribution in [0.15, 0.2) is 36.7 Å². The summed E-state index contributed by atoms with van der Waals surface area (Å²) in [6.07, 6.45) is 0. The summed E-state index contributed by atoms with van der Waals surface area (Å²) >= 11 is 7.83. The molecule has 2 N–H and O–H groups in total. The number of thiophene rings is 1. The molecule has 0 saturated heterocycles. The van der Waals surface area contributed by atoms with Gasteiger partial charge in [0, 0.05) is 11.5 Å². The van der Waals surface area contributed by atoms with Crippen LogP contribution in [0.25, 0.3) is 0 Å². The lowest BCUT2D eigenvalue weighted by Gasteiger charge is -2.20. The van der Waals surface area contributed by atoms with E-state index in [9.17, 15) is 8.42 Å². The van der Waals surface area contributed by atoms with Crippen molar-refractivity contribution in [3.63, 3.8) is 0 Å². The minimum atomic E-state index is -3.60. The number of hydrogen-bond acceptors (Lipinski definition) is 4. The summed E-state index contributed by atoms with van der Waals surface area (Å²) in [4.78, 5) is 0. The molecule has 0 fully saturated rings. The summed E-state index contributed by atoms with van der Waals surface area (Å²) in [6, 6.07) is 6.76. The minimum Gasteiger partial charge on any atom is -0.397 e. The fourth-order valence-corrected chi connectivity index (χ4v) is 5.63. The quantitative estimate of drug-likeness (QED) is 0.735. The van der Waals surface area contributed by atoms with Crippen LogP contribution in [-0.4, -0.2) is 15.5 Å². The third kappa shape index (κ3) is 2.88. The van der Waals surface area contributed by atoms with Gasteiger partial charge in [-0.05, 0) is 52.7 Å². The van der Waals surface area contributed by atoms with Gasteiger partial charge in [0.25, 0.3) is 10.0 Å². The van der Waals surface area contributed by atoms with Crippen molar-refractivity contribution in [2.24, 2.45) is 0 Å². The monoisotopic (exact) mass is 438 g/mol. The molecule has 0 saturated carbocycles. The average Bonchev–Trinajstić information content (AvgIpc) is 2.69. The van der Waals surface area contributed by atoms with Gasteiger partial charge in [-0.15, -0.1) is 11.3 Å². The zero-order valence-corrected chi connectivity index (χ0v) is 15.5. The summed E-state index contributed by atoms with van der Waals surface area (Å²) < 4.78 is 28.3. The molecule has 1 heterocycles. The number of nitrogen functional groups attached to an aromatic ring is 1. The lowest BCUT2D eigenvalue weighted by atomic mass is 10.3. The van der Waals surface area contributed by atoms with E-state index in [0.717, 1.165) is 13.8 Å². The first-order valence-electron chi connectivity index (χ1n) is 5.53. The van der Waals surface area contributed by atoms with Gasteiger partial charge < -0.3 is 5.73 Å². The molecule has 20 heavy (non-hydrogen) atoms. The van der Waals surface area contributed by atoms with Crippen molar-refractivity contribution in [3.8, 4) is 0 Å². The number of nitrogens with zero attached hydrogens (tertiary/aromatic N) is 1. The fraction of sp³-hybridized carbons (Fsp3) is 0.167. The number of anilines is 2. The van der Waals surface area contributed by atoms with Crippen LogP contribution in [0.5, 0.6) is 0 Å². The van der Waals surface area contributed by atoms with E-state index in [1.165, 1.54) is 22.7 Å². The highest BCUT2D eigenvalue weighted by Crippen LogP contribution is 2.35. The Kier molecular flexibility index (Phi) is 4.48. The zero-order valence-electron chi connectivity index (χ0n) is 10.7. The van der Waals surface area contributed by atoms with Crippen LogP contribution < -0.4 is 10.0 Å². The topological polar surface area (TPSA) is 63.4 Å². The number of halogens is 2. The molecule has 0 radical (unpaired) electrons. The highest BCUT2D eigenvalue weighted by molar-refractivity contribution is 9.11. The molecule has 1 aromatic carbocycles. The van der Waals surface area contributed by atoms with Crippen LogP contribution in [0, 0.1) is 6.92 Å². The van der Waals surface area contributed by atoms with E-state index in [0.29, 0.717) is 11.4 Å². The summed E-state index contributed by atoms with van der Waals surface area (Å²) in [6.45, 7) is 1.85. The second-order valence-electron chi connectivity index (χ2n) is 4.20. The predicted molar refractivity (Wildman–Crippen MR) is 90.9 cm³/mol.